The molecule has 0 radical (unpaired) electrons. The van der Waals surface area contributed by atoms with Crippen molar-refractivity contribution in [2.75, 3.05) is 18.0 Å². The van der Waals surface area contributed by atoms with Crippen molar-refractivity contribution in [3.63, 3.8) is 0 Å². The largest absolute Gasteiger partial charge is 0.391 e. The third-order valence-electron chi connectivity index (χ3n) is 3.91. The molecule has 1 fully saturated rings. The SMILES string of the molecule is C[C@@H]1CN(c2ccncc2C(C)(C)C)C[C@H](N)[C@H]1O. The molecule has 1 saturated heterocycles. The van der Waals surface area contributed by atoms with E-state index in [-0.39, 0.29) is 17.4 Å². The molecule has 0 spiro atoms. The van der Waals surface area contributed by atoms with Crippen molar-refractivity contribution >= 4 is 5.69 Å². The van der Waals surface area contributed by atoms with Gasteiger partial charge in [-0.25, -0.2) is 0 Å². The number of piperidine rings is 1. The van der Waals surface area contributed by atoms with Gasteiger partial charge in [0, 0.05) is 43.1 Å². The number of aliphatic hydroxyl groups excluding tert-OH is 1. The minimum Gasteiger partial charge on any atom is -0.391 e. The summed E-state index contributed by atoms with van der Waals surface area (Å²) in [5.74, 6) is 0.185. The molecule has 2 rings (SSSR count). The van der Waals surface area contributed by atoms with E-state index < -0.39 is 6.10 Å². The van der Waals surface area contributed by atoms with Crippen molar-refractivity contribution in [1.29, 1.82) is 0 Å². The van der Waals surface area contributed by atoms with Crippen molar-refractivity contribution in [3.8, 4) is 0 Å². The van der Waals surface area contributed by atoms with Crippen LogP contribution in [0.25, 0.3) is 0 Å². The summed E-state index contributed by atoms with van der Waals surface area (Å²) in [4.78, 5) is 6.53. The van der Waals surface area contributed by atoms with Crippen LogP contribution in [0.5, 0.6) is 0 Å². The van der Waals surface area contributed by atoms with Crippen LogP contribution in [0.3, 0.4) is 0 Å². The van der Waals surface area contributed by atoms with E-state index in [2.05, 4.69) is 43.6 Å². The first-order valence-electron chi connectivity index (χ1n) is 6.94. The van der Waals surface area contributed by atoms with Gasteiger partial charge in [0.15, 0.2) is 0 Å². The fraction of sp³-hybridized carbons (Fsp3) is 0.667. The van der Waals surface area contributed by atoms with Gasteiger partial charge in [0.2, 0.25) is 0 Å². The summed E-state index contributed by atoms with van der Waals surface area (Å²) in [5.41, 5.74) is 8.52. The number of nitrogens with two attached hydrogens (primary N) is 1. The Bertz CT molecular complexity index is 429. The Morgan fingerprint density at radius 1 is 1.37 bits per heavy atom. The Morgan fingerprint density at radius 2 is 2.05 bits per heavy atom. The highest BCUT2D eigenvalue weighted by atomic mass is 16.3. The van der Waals surface area contributed by atoms with E-state index in [0.29, 0.717) is 6.54 Å². The lowest BCUT2D eigenvalue weighted by Crippen LogP contribution is -2.56. The molecule has 3 atom stereocenters. The zero-order valence-corrected chi connectivity index (χ0v) is 12.3. The smallest absolute Gasteiger partial charge is 0.0750 e. The fourth-order valence-corrected chi connectivity index (χ4v) is 2.75. The van der Waals surface area contributed by atoms with E-state index in [1.54, 1.807) is 0 Å². The Balaban J connectivity index is 2.33. The first kappa shape index (κ1) is 14.3. The van der Waals surface area contributed by atoms with Crippen LogP contribution in [0.1, 0.15) is 33.3 Å². The van der Waals surface area contributed by atoms with E-state index in [1.807, 2.05) is 12.4 Å². The van der Waals surface area contributed by atoms with E-state index in [4.69, 9.17) is 5.73 Å². The quantitative estimate of drug-likeness (QED) is 0.806. The number of pyridine rings is 1. The average molecular weight is 263 g/mol. The van der Waals surface area contributed by atoms with Gasteiger partial charge in [-0.15, -0.1) is 0 Å². The van der Waals surface area contributed by atoms with E-state index >= 15 is 0 Å². The summed E-state index contributed by atoms with van der Waals surface area (Å²) in [6, 6.07) is 1.86. The monoisotopic (exact) mass is 263 g/mol. The summed E-state index contributed by atoms with van der Waals surface area (Å²) in [7, 11) is 0. The maximum absolute atomic E-state index is 9.98. The van der Waals surface area contributed by atoms with Crippen molar-refractivity contribution in [3.05, 3.63) is 24.0 Å². The lowest BCUT2D eigenvalue weighted by Gasteiger charge is -2.41. The van der Waals surface area contributed by atoms with Gasteiger partial charge in [-0.05, 0) is 17.0 Å². The summed E-state index contributed by atoms with van der Waals surface area (Å²) < 4.78 is 0. The van der Waals surface area contributed by atoms with Crippen molar-refractivity contribution in [1.82, 2.24) is 4.98 Å². The molecule has 1 aliphatic rings. The number of rotatable bonds is 1. The predicted octanol–water partition coefficient (Wildman–Crippen LogP) is 1.52. The highest BCUT2D eigenvalue weighted by molar-refractivity contribution is 5.55. The average Bonchev–Trinajstić information content (AvgIpc) is 2.34. The number of aromatic nitrogens is 1. The van der Waals surface area contributed by atoms with Gasteiger partial charge in [0.05, 0.1) is 6.10 Å². The molecule has 1 aliphatic heterocycles. The van der Waals surface area contributed by atoms with E-state index in [9.17, 15) is 5.11 Å². The number of anilines is 1. The van der Waals surface area contributed by atoms with E-state index in [1.165, 1.54) is 11.3 Å². The van der Waals surface area contributed by atoms with Crippen LogP contribution in [0.2, 0.25) is 0 Å². The molecule has 2 heterocycles. The molecule has 0 aliphatic carbocycles. The Morgan fingerprint density at radius 3 is 2.63 bits per heavy atom. The molecule has 0 unspecified atom stereocenters. The second-order valence-corrected chi connectivity index (χ2v) is 6.68. The van der Waals surface area contributed by atoms with Gasteiger partial charge >= 0.3 is 0 Å². The standard InChI is InChI=1S/C15H25N3O/c1-10-8-18(9-12(16)14(10)19)13-5-6-17-7-11(13)15(2,3)4/h5-7,10,12,14,19H,8-9,16H2,1-4H3/t10-,12+,14+/m1/s1. The van der Waals surface area contributed by atoms with Crippen LogP contribution in [-0.2, 0) is 5.41 Å². The molecule has 3 N–H and O–H groups in total. The van der Waals surface area contributed by atoms with Crippen LogP contribution in [0.15, 0.2) is 18.5 Å². The zero-order chi connectivity index (χ0) is 14.2. The third-order valence-corrected chi connectivity index (χ3v) is 3.91. The predicted molar refractivity (Wildman–Crippen MR) is 78.3 cm³/mol. The number of hydrogen-bond donors (Lipinski definition) is 2. The van der Waals surface area contributed by atoms with Gasteiger partial charge in [0.25, 0.3) is 0 Å². The van der Waals surface area contributed by atoms with Crippen LogP contribution < -0.4 is 10.6 Å². The molecule has 4 heteroatoms. The highest BCUT2D eigenvalue weighted by Gasteiger charge is 2.32. The molecule has 106 valence electrons. The maximum atomic E-state index is 9.98. The van der Waals surface area contributed by atoms with Crippen molar-refractivity contribution in [2.45, 2.75) is 45.3 Å². The maximum Gasteiger partial charge on any atom is 0.0750 e. The molecule has 0 aromatic carbocycles. The van der Waals surface area contributed by atoms with Gasteiger partial charge in [-0.1, -0.05) is 27.7 Å². The summed E-state index contributed by atoms with van der Waals surface area (Å²) in [6.07, 6.45) is 3.36. The number of aliphatic hydroxyl groups is 1. The third kappa shape index (κ3) is 2.90. The molecule has 0 saturated carbocycles. The Kier molecular flexibility index (Phi) is 3.83. The van der Waals surface area contributed by atoms with Gasteiger partial charge in [0.1, 0.15) is 0 Å². The molecule has 0 bridgehead atoms. The van der Waals surface area contributed by atoms with Crippen molar-refractivity contribution < 1.29 is 5.11 Å². The molecule has 4 nitrogen and oxygen atoms in total. The summed E-state index contributed by atoms with van der Waals surface area (Å²) in [6.45, 7) is 10.1. The molecule has 1 aromatic rings. The van der Waals surface area contributed by atoms with Gasteiger partial charge < -0.3 is 15.7 Å². The highest BCUT2D eigenvalue weighted by Crippen LogP contribution is 2.33. The second-order valence-electron chi connectivity index (χ2n) is 6.68. The molecule has 19 heavy (non-hydrogen) atoms. The van der Waals surface area contributed by atoms with E-state index in [0.717, 1.165) is 6.54 Å². The lowest BCUT2D eigenvalue weighted by molar-refractivity contribution is 0.0784. The Hall–Kier alpha value is -1.13. The molecular weight excluding hydrogens is 238 g/mol. The summed E-state index contributed by atoms with van der Waals surface area (Å²) >= 11 is 0. The van der Waals surface area contributed by atoms with Gasteiger partial charge in [-0.2, -0.15) is 0 Å². The normalized spacial score (nSPS) is 28.5. The van der Waals surface area contributed by atoms with Crippen LogP contribution in [0.4, 0.5) is 5.69 Å². The number of nitrogens with zero attached hydrogens (tertiary/aromatic N) is 2. The lowest BCUT2D eigenvalue weighted by atomic mass is 9.85. The van der Waals surface area contributed by atoms with Crippen molar-refractivity contribution in [2.24, 2.45) is 11.7 Å². The van der Waals surface area contributed by atoms with Crippen LogP contribution in [-0.4, -0.2) is 35.3 Å². The summed E-state index contributed by atoms with van der Waals surface area (Å²) in [5, 5.41) is 9.98. The second kappa shape index (κ2) is 5.10. The minimum absolute atomic E-state index is 0.0486. The molecule has 1 aromatic heterocycles. The Labute approximate surface area is 115 Å². The first-order valence-corrected chi connectivity index (χ1v) is 6.94. The number of hydrogen-bond acceptors (Lipinski definition) is 4. The fourth-order valence-electron chi connectivity index (χ4n) is 2.75. The topological polar surface area (TPSA) is 62.4 Å². The zero-order valence-electron chi connectivity index (χ0n) is 12.3. The van der Waals surface area contributed by atoms with Crippen LogP contribution in [0, 0.1) is 5.92 Å². The minimum atomic E-state index is -0.406. The first-order chi connectivity index (χ1) is 8.80. The molecule has 0 amide bonds. The van der Waals surface area contributed by atoms with Gasteiger partial charge in [-0.3, -0.25) is 4.98 Å². The molecular formula is C15H25N3O. The van der Waals surface area contributed by atoms with Crippen LogP contribution >= 0.6 is 0 Å².